The van der Waals surface area contributed by atoms with Crippen molar-refractivity contribution in [3.05, 3.63) is 43.7 Å². The van der Waals surface area contributed by atoms with E-state index in [9.17, 15) is 14.7 Å². The monoisotopic (exact) mass is 404 g/mol. The van der Waals surface area contributed by atoms with E-state index in [1.165, 1.54) is 6.20 Å². The van der Waals surface area contributed by atoms with Crippen LogP contribution in [0.3, 0.4) is 0 Å². The Morgan fingerprint density at radius 1 is 1.32 bits per heavy atom. The number of halogens is 2. The minimum Gasteiger partial charge on any atom is -0.477 e. The van der Waals surface area contributed by atoms with Crippen molar-refractivity contribution in [2.45, 2.75) is 44.2 Å². The number of aromatic carboxylic acids is 1. The van der Waals surface area contributed by atoms with E-state index in [2.05, 4.69) is 4.85 Å². The fourth-order valence-electron chi connectivity index (χ4n) is 3.96. The van der Waals surface area contributed by atoms with Crippen molar-refractivity contribution in [3.8, 4) is 6.57 Å². The van der Waals surface area contributed by atoms with E-state index in [0.29, 0.717) is 18.6 Å². The zero-order valence-electron chi connectivity index (χ0n) is 15.2. The van der Waals surface area contributed by atoms with Gasteiger partial charge < -0.3 is 14.6 Å². The van der Waals surface area contributed by atoms with Gasteiger partial charge in [0, 0.05) is 25.2 Å². The number of fused-ring (bicyclic) bond motifs is 1. The van der Waals surface area contributed by atoms with Crippen LogP contribution in [-0.2, 0) is 0 Å². The van der Waals surface area contributed by atoms with Crippen molar-refractivity contribution >= 4 is 34.2 Å². The van der Waals surface area contributed by atoms with Gasteiger partial charge in [-0.3, -0.25) is 4.79 Å². The highest BCUT2D eigenvalue weighted by Crippen LogP contribution is 2.42. The summed E-state index contributed by atoms with van der Waals surface area (Å²) < 4.78 is 16.8. The molecule has 2 aliphatic rings. The third-order valence-electron chi connectivity index (χ3n) is 5.53. The number of benzene rings is 1. The standard InChI is InChI=1S/C20H19ClFN3O3/c1-23-11-4-2-3-7-24(9-11)18-15(22)8-13-17(16(18)21)25(12-5-6-12)10-14(19(13)26)20(27)28/h1,8,10-12H,2-7,9H2/p+1/t11-/m1/s1. The average Bonchev–Trinajstić information content (AvgIpc) is 3.49. The predicted molar refractivity (Wildman–Crippen MR) is 107 cm³/mol. The topological polar surface area (TPSA) is 66.9 Å². The van der Waals surface area contributed by atoms with E-state index in [-0.39, 0.29) is 33.7 Å². The maximum Gasteiger partial charge on any atom is 0.341 e. The SMILES string of the molecule is C#[N+][C@@H]1CCCCN(c2c(F)cc3c(=O)c(C(=O)O)cn(C4CC4)c3c2Cl)C1. The predicted octanol–water partition coefficient (Wildman–Crippen LogP) is 4.15. The highest BCUT2D eigenvalue weighted by Gasteiger charge is 2.32. The number of carboxylic acids is 1. The number of pyridine rings is 1. The Bertz CT molecular complexity index is 1070. The van der Waals surface area contributed by atoms with Gasteiger partial charge in [0.25, 0.3) is 12.6 Å². The minimum absolute atomic E-state index is 0.00654. The third-order valence-corrected chi connectivity index (χ3v) is 5.89. The lowest BCUT2D eigenvalue weighted by Crippen LogP contribution is -2.31. The molecule has 146 valence electrons. The zero-order chi connectivity index (χ0) is 20.0. The molecule has 1 atom stereocenters. The Morgan fingerprint density at radius 3 is 2.71 bits per heavy atom. The van der Waals surface area contributed by atoms with Crippen molar-refractivity contribution in [1.82, 2.24) is 4.57 Å². The molecular weight excluding hydrogens is 385 g/mol. The summed E-state index contributed by atoms with van der Waals surface area (Å²) in [6.07, 6.45) is 5.67. The van der Waals surface area contributed by atoms with E-state index < -0.39 is 17.2 Å². The van der Waals surface area contributed by atoms with Crippen molar-refractivity contribution in [2.75, 3.05) is 18.0 Å². The fourth-order valence-corrected chi connectivity index (χ4v) is 4.37. The molecule has 4 rings (SSSR count). The number of nitrogens with zero attached hydrogens (tertiary/aromatic N) is 3. The molecule has 1 aromatic heterocycles. The second-order valence-electron chi connectivity index (χ2n) is 7.48. The van der Waals surface area contributed by atoms with Gasteiger partial charge in [-0.05, 0) is 31.7 Å². The minimum atomic E-state index is -1.33. The lowest BCUT2D eigenvalue weighted by Gasteiger charge is -2.25. The first-order chi connectivity index (χ1) is 13.4. The average molecular weight is 405 g/mol. The summed E-state index contributed by atoms with van der Waals surface area (Å²) in [5.74, 6) is -1.97. The number of carboxylic acid groups (broad SMARTS) is 1. The van der Waals surface area contributed by atoms with Gasteiger partial charge in [-0.15, -0.1) is 0 Å². The highest BCUT2D eigenvalue weighted by molar-refractivity contribution is 6.38. The van der Waals surface area contributed by atoms with E-state index in [1.54, 1.807) is 4.57 Å². The number of carbonyl (C=O) groups is 1. The van der Waals surface area contributed by atoms with Gasteiger partial charge >= 0.3 is 5.97 Å². The van der Waals surface area contributed by atoms with Crippen molar-refractivity contribution < 1.29 is 14.3 Å². The van der Waals surface area contributed by atoms with Crippen LogP contribution >= 0.6 is 11.6 Å². The van der Waals surface area contributed by atoms with Gasteiger partial charge in [-0.25, -0.2) is 9.18 Å². The van der Waals surface area contributed by atoms with Crippen LogP contribution in [0.25, 0.3) is 15.7 Å². The number of hydrogen-bond donors (Lipinski definition) is 1. The van der Waals surface area contributed by atoms with Crippen molar-refractivity contribution in [3.63, 3.8) is 0 Å². The molecule has 2 fully saturated rings. The summed E-state index contributed by atoms with van der Waals surface area (Å²) in [7, 11) is 0. The Hall–Kier alpha value is -2.59. The second-order valence-corrected chi connectivity index (χ2v) is 7.86. The maximum atomic E-state index is 15.1. The Kier molecular flexibility index (Phi) is 4.76. The van der Waals surface area contributed by atoms with E-state index in [0.717, 1.165) is 38.2 Å². The molecule has 2 aromatic rings. The summed E-state index contributed by atoms with van der Waals surface area (Å²) in [6, 6.07) is 1.06. The molecule has 1 aliphatic carbocycles. The molecule has 1 aliphatic heterocycles. The van der Waals surface area contributed by atoms with E-state index in [4.69, 9.17) is 18.2 Å². The van der Waals surface area contributed by atoms with Gasteiger partial charge in [-0.2, -0.15) is 0 Å². The van der Waals surface area contributed by atoms with Crippen LogP contribution in [0.2, 0.25) is 5.02 Å². The molecule has 2 heterocycles. The number of aromatic nitrogens is 1. The number of anilines is 1. The molecule has 0 spiro atoms. The highest BCUT2D eigenvalue weighted by atomic mass is 35.5. The smallest absolute Gasteiger partial charge is 0.341 e. The first kappa shape index (κ1) is 18.8. The van der Waals surface area contributed by atoms with Gasteiger partial charge in [0.05, 0.1) is 28.2 Å². The van der Waals surface area contributed by atoms with Crippen molar-refractivity contribution in [2.24, 2.45) is 0 Å². The van der Waals surface area contributed by atoms with Crippen LogP contribution in [0, 0.1) is 12.4 Å². The molecule has 6 nitrogen and oxygen atoms in total. The molecule has 0 amide bonds. The van der Waals surface area contributed by atoms with Crippen LogP contribution in [0.4, 0.5) is 10.1 Å². The Morgan fingerprint density at radius 2 is 2.07 bits per heavy atom. The maximum absolute atomic E-state index is 15.1. The van der Waals surface area contributed by atoms with Crippen LogP contribution in [-0.4, -0.2) is 34.8 Å². The molecule has 0 unspecified atom stereocenters. The molecule has 8 heteroatoms. The molecule has 1 aromatic carbocycles. The number of hydrogen-bond acceptors (Lipinski definition) is 3. The first-order valence-corrected chi connectivity index (χ1v) is 9.75. The zero-order valence-corrected chi connectivity index (χ0v) is 16.0. The number of rotatable bonds is 3. The second kappa shape index (κ2) is 7.10. The lowest BCUT2D eigenvalue weighted by atomic mass is 10.1. The molecule has 28 heavy (non-hydrogen) atoms. The van der Waals surface area contributed by atoms with E-state index in [1.807, 2.05) is 4.90 Å². The fraction of sp³-hybridized carbons (Fsp3) is 0.450. The largest absolute Gasteiger partial charge is 0.477 e. The van der Waals surface area contributed by atoms with Crippen LogP contribution in [0.1, 0.15) is 48.5 Å². The Balaban J connectivity index is 1.96. The molecule has 1 saturated carbocycles. The summed E-state index contributed by atoms with van der Waals surface area (Å²) in [5, 5.41) is 9.49. The summed E-state index contributed by atoms with van der Waals surface area (Å²) in [4.78, 5) is 29.8. The van der Waals surface area contributed by atoms with Gasteiger partial charge in [0.15, 0.2) is 0 Å². The molecule has 0 radical (unpaired) electrons. The summed E-state index contributed by atoms with van der Waals surface area (Å²) >= 11 is 6.65. The third kappa shape index (κ3) is 3.12. The molecule has 1 N–H and O–H groups in total. The van der Waals surface area contributed by atoms with Gasteiger partial charge in [-0.1, -0.05) is 16.4 Å². The quantitative estimate of drug-likeness (QED) is 0.834. The lowest BCUT2D eigenvalue weighted by molar-refractivity contribution is 0.0695. The summed E-state index contributed by atoms with van der Waals surface area (Å²) in [6.45, 7) is 6.54. The van der Waals surface area contributed by atoms with Gasteiger partial charge in [0.1, 0.15) is 11.4 Å². The van der Waals surface area contributed by atoms with E-state index >= 15 is 4.39 Å². The normalized spacial score (nSPS) is 20.0. The van der Waals surface area contributed by atoms with Crippen molar-refractivity contribution in [1.29, 1.82) is 0 Å². The molecular formula is C20H20ClFN3O3+. The Labute approximate surface area is 165 Å². The van der Waals surface area contributed by atoms with Crippen LogP contribution in [0.5, 0.6) is 0 Å². The summed E-state index contributed by atoms with van der Waals surface area (Å²) in [5.41, 5.74) is -0.487. The molecule has 1 saturated heterocycles. The first-order valence-electron chi connectivity index (χ1n) is 9.37. The molecule has 0 bridgehead atoms. The van der Waals surface area contributed by atoms with Gasteiger partial charge in [0.2, 0.25) is 5.43 Å². The van der Waals surface area contributed by atoms with Crippen LogP contribution < -0.4 is 10.3 Å². The van der Waals surface area contributed by atoms with Crippen LogP contribution in [0.15, 0.2) is 17.1 Å².